The molecular formula is C11H16N4. The molecule has 0 saturated carbocycles. The van der Waals surface area contributed by atoms with Gasteiger partial charge in [-0.1, -0.05) is 13.8 Å². The third kappa shape index (κ3) is 2.26. The number of aryl methyl sites for hydroxylation is 1. The summed E-state index contributed by atoms with van der Waals surface area (Å²) < 4.78 is 0. The topological polar surface area (TPSA) is 57.4 Å². The molecule has 0 aromatic carbocycles. The molecule has 0 atom stereocenters. The minimum atomic E-state index is 0.638. The van der Waals surface area contributed by atoms with Gasteiger partial charge in [0.2, 0.25) is 0 Å². The van der Waals surface area contributed by atoms with Crippen LogP contribution in [0.4, 0.5) is 0 Å². The highest BCUT2D eigenvalue weighted by atomic mass is 15.2. The van der Waals surface area contributed by atoms with Crippen LogP contribution >= 0.6 is 0 Å². The second-order valence-corrected chi connectivity index (χ2v) is 4.31. The Morgan fingerprint density at radius 2 is 1.80 bits per heavy atom. The van der Waals surface area contributed by atoms with E-state index in [1.807, 2.05) is 13.0 Å². The van der Waals surface area contributed by atoms with E-state index in [-0.39, 0.29) is 0 Å². The molecule has 2 heterocycles. The van der Waals surface area contributed by atoms with E-state index in [1.165, 1.54) is 5.69 Å². The molecule has 2 aromatic heterocycles. The number of H-pyrrole nitrogens is 2. The molecule has 2 aromatic rings. The highest BCUT2D eigenvalue weighted by molar-refractivity contribution is 5.54. The predicted octanol–water partition coefficient (Wildman–Crippen LogP) is 2.31. The molecule has 0 bridgehead atoms. The van der Waals surface area contributed by atoms with E-state index in [4.69, 9.17) is 0 Å². The van der Waals surface area contributed by atoms with Gasteiger partial charge in [0.25, 0.3) is 0 Å². The smallest absolute Gasteiger partial charge is 0.113 e. The third-order valence-corrected chi connectivity index (χ3v) is 2.23. The zero-order chi connectivity index (χ0) is 10.8. The number of rotatable bonds is 3. The Kier molecular flexibility index (Phi) is 2.58. The molecule has 2 N–H and O–H groups in total. The van der Waals surface area contributed by atoms with Crippen molar-refractivity contribution in [3.8, 4) is 11.4 Å². The first-order valence-corrected chi connectivity index (χ1v) is 5.22. The maximum Gasteiger partial charge on any atom is 0.113 e. The predicted molar refractivity (Wildman–Crippen MR) is 59.4 cm³/mol. The van der Waals surface area contributed by atoms with Gasteiger partial charge in [-0.05, 0) is 31.4 Å². The summed E-state index contributed by atoms with van der Waals surface area (Å²) in [6, 6.07) is 4.06. The summed E-state index contributed by atoms with van der Waals surface area (Å²) in [5.74, 6) is 0.638. The third-order valence-electron chi connectivity index (χ3n) is 2.23. The molecule has 80 valence electrons. The highest BCUT2D eigenvalue weighted by Crippen LogP contribution is 2.17. The van der Waals surface area contributed by atoms with Gasteiger partial charge >= 0.3 is 0 Å². The van der Waals surface area contributed by atoms with E-state index in [0.29, 0.717) is 5.92 Å². The number of nitrogens with one attached hydrogen (secondary N) is 2. The molecular weight excluding hydrogens is 188 g/mol. The normalized spacial score (nSPS) is 11.2. The fraction of sp³-hybridized carbons (Fsp3) is 0.455. The largest absolute Gasteiger partial charge is 0.282 e. The van der Waals surface area contributed by atoms with Crippen molar-refractivity contribution in [2.75, 3.05) is 0 Å². The molecule has 4 heteroatoms. The van der Waals surface area contributed by atoms with E-state index in [0.717, 1.165) is 23.5 Å². The highest BCUT2D eigenvalue weighted by Gasteiger charge is 2.07. The van der Waals surface area contributed by atoms with Crippen molar-refractivity contribution in [1.82, 2.24) is 20.4 Å². The van der Waals surface area contributed by atoms with E-state index in [9.17, 15) is 0 Å². The maximum absolute atomic E-state index is 4.25. The van der Waals surface area contributed by atoms with Crippen LogP contribution < -0.4 is 0 Å². The first kappa shape index (κ1) is 9.96. The Bertz CT molecular complexity index is 439. The lowest BCUT2D eigenvalue weighted by Crippen LogP contribution is -1.93. The van der Waals surface area contributed by atoms with E-state index in [1.54, 1.807) is 0 Å². The number of aromatic nitrogens is 4. The minimum absolute atomic E-state index is 0.638. The lowest BCUT2D eigenvalue weighted by Gasteiger charge is -1.98. The Morgan fingerprint density at radius 1 is 1.13 bits per heavy atom. The molecule has 0 aliphatic rings. The van der Waals surface area contributed by atoms with Crippen molar-refractivity contribution < 1.29 is 0 Å². The van der Waals surface area contributed by atoms with Crippen molar-refractivity contribution in [1.29, 1.82) is 0 Å². The number of hydrogen-bond acceptors (Lipinski definition) is 2. The van der Waals surface area contributed by atoms with Crippen LogP contribution in [0.15, 0.2) is 12.1 Å². The van der Waals surface area contributed by atoms with E-state index in [2.05, 4.69) is 40.3 Å². The summed E-state index contributed by atoms with van der Waals surface area (Å²) in [5, 5.41) is 14.4. The average Bonchev–Trinajstić information content (AvgIpc) is 2.72. The molecule has 15 heavy (non-hydrogen) atoms. The second-order valence-electron chi connectivity index (χ2n) is 4.31. The van der Waals surface area contributed by atoms with E-state index < -0.39 is 0 Å². The molecule has 0 spiro atoms. The molecule has 0 radical (unpaired) electrons. The average molecular weight is 204 g/mol. The Balaban J connectivity index is 2.20. The van der Waals surface area contributed by atoms with Crippen LogP contribution in [0.2, 0.25) is 0 Å². The van der Waals surface area contributed by atoms with Gasteiger partial charge in [-0.3, -0.25) is 10.2 Å². The van der Waals surface area contributed by atoms with Crippen molar-refractivity contribution >= 4 is 0 Å². The standard InChI is InChI=1S/C11H16N4/c1-7(2)4-9-6-11(15-13-9)10-5-8(3)12-14-10/h5-7H,4H2,1-3H3,(H,12,14)(H,13,15). The molecule has 4 nitrogen and oxygen atoms in total. The van der Waals surface area contributed by atoms with Gasteiger partial charge < -0.3 is 0 Å². The first-order valence-electron chi connectivity index (χ1n) is 5.22. The summed E-state index contributed by atoms with van der Waals surface area (Å²) in [6.45, 7) is 6.37. The van der Waals surface area contributed by atoms with Crippen LogP contribution in [0.3, 0.4) is 0 Å². The molecule has 0 amide bonds. The van der Waals surface area contributed by atoms with Crippen LogP contribution in [0.25, 0.3) is 11.4 Å². The monoisotopic (exact) mass is 204 g/mol. The zero-order valence-corrected chi connectivity index (χ0v) is 9.33. The van der Waals surface area contributed by atoms with Crippen LogP contribution in [0.5, 0.6) is 0 Å². The Hall–Kier alpha value is -1.58. The second kappa shape index (κ2) is 3.88. The van der Waals surface area contributed by atoms with Crippen LogP contribution in [0, 0.1) is 12.8 Å². The number of hydrogen-bond donors (Lipinski definition) is 2. The summed E-state index contributed by atoms with van der Waals surface area (Å²) in [4.78, 5) is 0. The SMILES string of the molecule is Cc1cc(-c2cc(CC(C)C)[nH]n2)n[nH]1. The first-order chi connectivity index (χ1) is 7.15. The molecule has 0 aliphatic heterocycles. The minimum Gasteiger partial charge on any atom is -0.282 e. The lowest BCUT2D eigenvalue weighted by atomic mass is 10.1. The Labute approximate surface area is 89.1 Å². The van der Waals surface area contributed by atoms with E-state index >= 15 is 0 Å². The van der Waals surface area contributed by atoms with Gasteiger partial charge in [0.05, 0.1) is 0 Å². The van der Waals surface area contributed by atoms with Gasteiger partial charge in [-0.15, -0.1) is 0 Å². The van der Waals surface area contributed by atoms with Gasteiger partial charge in [0.1, 0.15) is 11.4 Å². The summed E-state index contributed by atoms with van der Waals surface area (Å²) in [7, 11) is 0. The fourth-order valence-electron chi connectivity index (χ4n) is 1.59. The number of aromatic amines is 2. The Morgan fingerprint density at radius 3 is 2.40 bits per heavy atom. The molecule has 0 saturated heterocycles. The summed E-state index contributed by atoms with van der Waals surface area (Å²) in [6.07, 6.45) is 1.02. The molecule has 0 unspecified atom stereocenters. The van der Waals surface area contributed by atoms with Crippen molar-refractivity contribution in [2.45, 2.75) is 27.2 Å². The van der Waals surface area contributed by atoms with Crippen LogP contribution in [-0.2, 0) is 6.42 Å². The molecule has 0 aliphatic carbocycles. The van der Waals surface area contributed by atoms with Gasteiger partial charge in [-0.25, -0.2) is 0 Å². The lowest BCUT2D eigenvalue weighted by molar-refractivity contribution is 0.633. The molecule has 0 fully saturated rings. The van der Waals surface area contributed by atoms with Gasteiger partial charge in [0, 0.05) is 11.4 Å². The van der Waals surface area contributed by atoms with Crippen molar-refractivity contribution in [2.24, 2.45) is 5.92 Å². The zero-order valence-electron chi connectivity index (χ0n) is 9.33. The summed E-state index contributed by atoms with van der Waals surface area (Å²) >= 11 is 0. The van der Waals surface area contributed by atoms with Gasteiger partial charge in [-0.2, -0.15) is 10.2 Å². The van der Waals surface area contributed by atoms with Crippen molar-refractivity contribution in [3.05, 3.63) is 23.5 Å². The van der Waals surface area contributed by atoms with Crippen molar-refractivity contribution in [3.63, 3.8) is 0 Å². The number of nitrogens with zero attached hydrogens (tertiary/aromatic N) is 2. The van der Waals surface area contributed by atoms with Crippen LogP contribution in [0.1, 0.15) is 25.2 Å². The quantitative estimate of drug-likeness (QED) is 0.806. The maximum atomic E-state index is 4.25. The molecule has 2 rings (SSSR count). The fourth-order valence-corrected chi connectivity index (χ4v) is 1.59. The summed E-state index contributed by atoms with van der Waals surface area (Å²) in [5.41, 5.74) is 4.04. The van der Waals surface area contributed by atoms with Gasteiger partial charge in [0.15, 0.2) is 0 Å². The van der Waals surface area contributed by atoms with Crippen LogP contribution in [-0.4, -0.2) is 20.4 Å².